The Kier molecular flexibility index (Phi) is 5.84. The Labute approximate surface area is 169 Å². The first-order valence-corrected chi connectivity index (χ1v) is 8.62. The van der Waals surface area contributed by atoms with E-state index in [2.05, 4.69) is 30.2 Å². The van der Waals surface area contributed by atoms with Crippen molar-refractivity contribution >= 4 is 47.0 Å². The third-order valence-corrected chi connectivity index (χ3v) is 4.01. The fraction of sp³-hybridized carbons (Fsp3) is 0.111. The molecule has 2 N–H and O–H groups in total. The van der Waals surface area contributed by atoms with Crippen molar-refractivity contribution in [2.24, 2.45) is 0 Å². The number of rotatable bonds is 6. The molecule has 0 radical (unpaired) electrons. The number of aromatic amines is 1. The van der Waals surface area contributed by atoms with Crippen molar-refractivity contribution in [1.29, 1.82) is 0 Å². The maximum Gasteiger partial charge on any atom is 0.348 e. The van der Waals surface area contributed by atoms with Crippen molar-refractivity contribution in [1.82, 2.24) is 20.2 Å². The Hall–Kier alpha value is -3.79. The van der Waals surface area contributed by atoms with Gasteiger partial charge in [-0.2, -0.15) is 5.10 Å². The Morgan fingerprint density at radius 1 is 1.28 bits per heavy atom. The number of benzene rings is 1. The van der Waals surface area contributed by atoms with E-state index in [-0.39, 0.29) is 16.8 Å². The minimum absolute atomic E-state index is 0.0813. The van der Waals surface area contributed by atoms with Crippen LogP contribution in [0.4, 0.5) is 17.3 Å². The number of methoxy groups -OCH3 is 1. The number of aromatic nitrogens is 4. The van der Waals surface area contributed by atoms with Gasteiger partial charge in [0.05, 0.1) is 17.6 Å². The van der Waals surface area contributed by atoms with Crippen molar-refractivity contribution in [3.8, 4) is 0 Å². The molecule has 0 fully saturated rings. The number of hydrogen-bond donors (Lipinski definition) is 2. The van der Waals surface area contributed by atoms with Crippen LogP contribution in [0.5, 0.6) is 0 Å². The van der Waals surface area contributed by atoms with Crippen molar-refractivity contribution in [3.05, 3.63) is 68.2 Å². The highest BCUT2D eigenvalue weighted by atomic mass is 35.5. The third-order valence-electron chi connectivity index (χ3n) is 3.75. The van der Waals surface area contributed by atoms with Gasteiger partial charge in [0.25, 0.3) is 0 Å². The SMILES string of the molecule is COC(=O)c1ccc(C=Cc2nc(Cl)c([N+](=O)[O-])c(Nc3cc(C)[nH]n3)n2)cc1. The minimum Gasteiger partial charge on any atom is -0.465 e. The molecular formula is C18H15ClN6O4. The molecular weight excluding hydrogens is 400 g/mol. The molecule has 0 amide bonds. The summed E-state index contributed by atoms with van der Waals surface area (Å²) in [7, 11) is 1.31. The lowest BCUT2D eigenvalue weighted by molar-refractivity contribution is -0.384. The Bertz CT molecular complexity index is 1090. The standard InChI is InChI=1S/C18H15ClN6O4/c1-10-9-14(24-23-10)22-17-15(25(27)28)16(19)20-13(21-17)8-5-11-3-6-12(7-4-11)18(26)29-2/h3-9H,1-2H3,(H2,20,21,22,23,24). The van der Waals surface area contributed by atoms with E-state index in [4.69, 9.17) is 11.6 Å². The van der Waals surface area contributed by atoms with Crippen LogP contribution in [0.2, 0.25) is 5.15 Å². The number of nitro groups is 1. The monoisotopic (exact) mass is 414 g/mol. The minimum atomic E-state index is -0.663. The molecule has 0 saturated heterocycles. The molecule has 2 aromatic heterocycles. The van der Waals surface area contributed by atoms with Crippen LogP contribution in [-0.2, 0) is 4.74 Å². The smallest absolute Gasteiger partial charge is 0.348 e. The summed E-state index contributed by atoms with van der Waals surface area (Å²) in [5, 5.41) is 20.5. The molecule has 2 heterocycles. The summed E-state index contributed by atoms with van der Waals surface area (Å²) in [4.78, 5) is 30.3. The van der Waals surface area contributed by atoms with Gasteiger partial charge in [-0.05, 0) is 30.7 Å². The zero-order valence-corrected chi connectivity index (χ0v) is 16.1. The number of nitrogens with one attached hydrogen (secondary N) is 2. The Morgan fingerprint density at radius 2 is 2.00 bits per heavy atom. The molecule has 0 unspecified atom stereocenters. The van der Waals surface area contributed by atoms with E-state index in [1.165, 1.54) is 7.11 Å². The number of hydrogen-bond acceptors (Lipinski definition) is 8. The molecule has 29 heavy (non-hydrogen) atoms. The highest BCUT2D eigenvalue weighted by Gasteiger charge is 2.24. The summed E-state index contributed by atoms with van der Waals surface area (Å²) in [6, 6.07) is 8.31. The predicted octanol–water partition coefficient (Wildman–Crippen LogP) is 3.77. The fourth-order valence-corrected chi connectivity index (χ4v) is 2.63. The van der Waals surface area contributed by atoms with Crippen LogP contribution in [-0.4, -0.2) is 38.2 Å². The largest absolute Gasteiger partial charge is 0.465 e. The van der Waals surface area contributed by atoms with Crippen LogP contribution < -0.4 is 5.32 Å². The third kappa shape index (κ3) is 4.74. The molecule has 3 aromatic rings. The first-order valence-electron chi connectivity index (χ1n) is 8.25. The van der Waals surface area contributed by atoms with Crippen LogP contribution in [0.25, 0.3) is 12.2 Å². The first-order chi connectivity index (χ1) is 13.9. The number of esters is 1. The summed E-state index contributed by atoms with van der Waals surface area (Å²) in [6.07, 6.45) is 3.23. The highest BCUT2D eigenvalue weighted by Crippen LogP contribution is 2.31. The number of aryl methyl sites for hydroxylation is 1. The van der Waals surface area contributed by atoms with Gasteiger partial charge in [-0.1, -0.05) is 29.8 Å². The number of carbonyl (C=O) groups is 1. The number of carbonyl (C=O) groups excluding carboxylic acids is 1. The lowest BCUT2D eigenvalue weighted by atomic mass is 10.1. The molecule has 0 aliphatic carbocycles. The van der Waals surface area contributed by atoms with E-state index in [0.29, 0.717) is 11.4 Å². The molecule has 0 aliphatic heterocycles. The quantitative estimate of drug-likeness (QED) is 0.269. The number of nitrogens with zero attached hydrogens (tertiary/aromatic N) is 4. The normalized spacial score (nSPS) is 10.9. The van der Waals surface area contributed by atoms with E-state index in [9.17, 15) is 14.9 Å². The molecule has 11 heteroatoms. The van der Waals surface area contributed by atoms with Gasteiger partial charge in [-0.15, -0.1) is 0 Å². The van der Waals surface area contributed by atoms with Crippen molar-refractivity contribution in [2.45, 2.75) is 6.92 Å². The maximum absolute atomic E-state index is 11.5. The second-order valence-electron chi connectivity index (χ2n) is 5.84. The molecule has 3 rings (SSSR count). The summed E-state index contributed by atoms with van der Waals surface area (Å²) in [5.74, 6) is -0.00128. The van der Waals surface area contributed by atoms with Gasteiger partial charge in [0, 0.05) is 11.8 Å². The average molecular weight is 415 g/mol. The van der Waals surface area contributed by atoms with Gasteiger partial charge in [0.2, 0.25) is 11.0 Å². The lowest BCUT2D eigenvalue weighted by Crippen LogP contribution is -2.04. The molecule has 0 bridgehead atoms. The van der Waals surface area contributed by atoms with Crippen molar-refractivity contribution in [2.75, 3.05) is 12.4 Å². The molecule has 0 atom stereocenters. The van der Waals surface area contributed by atoms with E-state index in [0.717, 1.165) is 11.3 Å². The molecule has 10 nitrogen and oxygen atoms in total. The van der Waals surface area contributed by atoms with Gasteiger partial charge in [-0.25, -0.2) is 14.8 Å². The Morgan fingerprint density at radius 3 is 2.59 bits per heavy atom. The van der Waals surface area contributed by atoms with Gasteiger partial charge in [0.1, 0.15) is 0 Å². The zero-order chi connectivity index (χ0) is 21.0. The summed E-state index contributed by atoms with van der Waals surface area (Å²) in [5.41, 5.74) is 1.49. The van der Waals surface area contributed by atoms with Gasteiger partial charge in [-0.3, -0.25) is 15.2 Å². The van der Waals surface area contributed by atoms with Crippen molar-refractivity contribution in [3.63, 3.8) is 0 Å². The highest BCUT2D eigenvalue weighted by molar-refractivity contribution is 6.32. The molecule has 1 aromatic carbocycles. The maximum atomic E-state index is 11.5. The molecule has 148 valence electrons. The van der Waals surface area contributed by atoms with Crippen LogP contribution in [0, 0.1) is 17.0 Å². The van der Waals surface area contributed by atoms with Gasteiger partial charge < -0.3 is 10.1 Å². The molecule has 0 aliphatic rings. The van der Waals surface area contributed by atoms with Crippen LogP contribution in [0.3, 0.4) is 0 Å². The van der Waals surface area contributed by atoms with Gasteiger partial charge >= 0.3 is 11.7 Å². The zero-order valence-electron chi connectivity index (χ0n) is 15.3. The number of ether oxygens (including phenoxy) is 1. The predicted molar refractivity (Wildman–Crippen MR) is 107 cm³/mol. The fourth-order valence-electron chi connectivity index (χ4n) is 2.39. The molecule has 0 spiro atoms. The van der Waals surface area contributed by atoms with Crippen LogP contribution in [0.15, 0.2) is 30.3 Å². The van der Waals surface area contributed by atoms with Crippen molar-refractivity contribution < 1.29 is 14.5 Å². The van der Waals surface area contributed by atoms with Crippen LogP contribution in [0.1, 0.15) is 27.4 Å². The number of anilines is 2. The average Bonchev–Trinajstić information content (AvgIpc) is 3.10. The summed E-state index contributed by atoms with van der Waals surface area (Å²) >= 11 is 6.01. The second kappa shape index (κ2) is 8.48. The first kappa shape index (κ1) is 20.0. The second-order valence-corrected chi connectivity index (χ2v) is 6.19. The van der Waals surface area contributed by atoms with E-state index in [1.54, 1.807) is 49.4 Å². The van der Waals surface area contributed by atoms with E-state index in [1.807, 2.05) is 0 Å². The number of H-pyrrole nitrogens is 1. The van der Waals surface area contributed by atoms with E-state index < -0.39 is 16.6 Å². The number of halogens is 1. The van der Waals surface area contributed by atoms with Crippen LogP contribution >= 0.6 is 11.6 Å². The summed E-state index contributed by atoms with van der Waals surface area (Å²) in [6.45, 7) is 1.79. The summed E-state index contributed by atoms with van der Waals surface area (Å²) < 4.78 is 4.65. The van der Waals surface area contributed by atoms with Gasteiger partial charge in [0.15, 0.2) is 11.6 Å². The lowest BCUT2D eigenvalue weighted by Gasteiger charge is -2.05. The molecule has 0 saturated carbocycles. The van der Waals surface area contributed by atoms with E-state index >= 15 is 0 Å². The Balaban J connectivity index is 1.90. The topological polar surface area (TPSA) is 136 Å².